The SMILES string of the molecule is CCCc1c(OCCCSc2ccc(CC(=O)OC)cc2Cl)ccc(CCCCC=NO)c1O. The van der Waals surface area contributed by atoms with Crippen LogP contribution in [-0.4, -0.2) is 42.0 Å². The zero-order valence-electron chi connectivity index (χ0n) is 19.9. The first-order valence-electron chi connectivity index (χ1n) is 11.6. The molecule has 34 heavy (non-hydrogen) atoms. The van der Waals surface area contributed by atoms with Gasteiger partial charge in [0, 0.05) is 22.4 Å². The first-order valence-corrected chi connectivity index (χ1v) is 13.0. The number of carbonyl (C=O) groups excluding carboxylic acids is 1. The second-order valence-electron chi connectivity index (χ2n) is 7.91. The number of thioether (sulfide) groups is 1. The number of aromatic hydroxyl groups is 1. The minimum atomic E-state index is -0.289. The molecular formula is C26H34ClNO5S. The number of hydrogen-bond donors (Lipinski definition) is 2. The largest absolute Gasteiger partial charge is 0.507 e. The van der Waals surface area contributed by atoms with Crippen LogP contribution in [0.5, 0.6) is 11.5 Å². The van der Waals surface area contributed by atoms with Crippen LogP contribution in [0.15, 0.2) is 40.4 Å². The van der Waals surface area contributed by atoms with E-state index in [0.29, 0.717) is 17.4 Å². The summed E-state index contributed by atoms with van der Waals surface area (Å²) in [6.07, 6.45) is 7.51. The summed E-state index contributed by atoms with van der Waals surface area (Å²) < 4.78 is 10.7. The van der Waals surface area contributed by atoms with Gasteiger partial charge in [-0.15, -0.1) is 16.9 Å². The van der Waals surface area contributed by atoms with Gasteiger partial charge >= 0.3 is 5.97 Å². The van der Waals surface area contributed by atoms with Crippen LogP contribution in [0.1, 0.15) is 55.7 Å². The summed E-state index contributed by atoms with van der Waals surface area (Å²) in [4.78, 5) is 12.4. The summed E-state index contributed by atoms with van der Waals surface area (Å²) in [5.41, 5.74) is 2.63. The van der Waals surface area contributed by atoms with Gasteiger partial charge in [-0.05, 0) is 67.9 Å². The van der Waals surface area contributed by atoms with Crippen LogP contribution < -0.4 is 4.74 Å². The summed E-state index contributed by atoms with van der Waals surface area (Å²) in [7, 11) is 1.37. The number of phenols is 1. The van der Waals surface area contributed by atoms with Gasteiger partial charge in [0.2, 0.25) is 0 Å². The van der Waals surface area contributed by atoms with Crippen LogP contribution >= 0.6 is 23.4 Å². The summed E-state index contributed by atoms with van der Waals surface area (Å²) in [6, 6.07) is 9.52. The van der Waals surface area contributed by atoms with E-state index < -0.39 is 0 Å². The molecule has 2 N–H and O–H groups in total. The maximum atomic E-state index is 11.4. The van der Waals surface area contributed by atoms with E-state index in [9.17, 15) is 9.90 Å². The monoisotopic (exact) mass is 507 g/mol. The van der Waals surface area contributed by atoms with E-state index in [0.717, 1.165) is 78.0 Å². The Morgan fingerprint density at radius 3 is 2.71 bits per heavy atom. The maximum absolute atomic E-state index is 11.4. The molecule has 8 heteroatoms. The number of esters is 1. The third-order valence-corrected chi connectivity index (χ3v) is 6.90. The predicted molar refractivity (Wildman–Crippen MR) is 138 cm³/mol. The van der Waals surface area contributed by atoms with Gasteiger partial charge < -0.3 is 19.8 Å². The van der Waals surface area contributed by atoms with E-state index in [2.05, 4.69) is 12.1 Å². The molecule has 0 heterocycles. The Balaban J connectivity index is 1.85. The highest BCUT2D eigenvalue weighted by Gasteiger charge is 2.13. The number of ether oxygens (including phenoxy) is 2. The molecular weight excluding hydrogens is 474 g/mol. The molecule has 0 aliphatic rings. The van der Waals surface area contributed by atoms with Crippen molar-refractivity contribution >= 4 is 35.5 Å². The smallest absolute Gasteiger partial charge is 0.309 e. The molecule has 0 unspecified atom stereocenters. The average Bonchev–Trinajstić information content (AvgIpc) is 2.83. The van der Waals surface area contributed by atoms with Crippen molar-refractivity contribution < 1.29 is 24.6 Å². The number of phenolic OH excluding ortho intramolecular Hbond substituents is 1. The lowest BCUT2D eigenvalue weighted by Gasteiger charge is -2.15. The number of hydrogen-bond acceptors (Lipinski definition) is 7. The van der Waals surface area contributed by atoms with Gasteiger partial charge in [-0.25, -0.2) is 0 Å². The van der Waals surface area contributed by atoms with E-state index >= 15 is 0 Å². The van der Waals surface area contributed by atoms with Gasteiger partial charge in [0.05, 0.1) is 25.2 Å². The van der Waals surface area contributed by atoms with Crippen molar-refractivity contribution in [2.24, 2.45) is 5.16 Å². The van der Waals surface area contributed by atoms with Gasteiger partial charge in [0.1, 0.15) is 11.5 Å². The number of aryl methyl sites for hydroxylation is 1. The van der Waals surface area contributed by atoms with Crippen molar-refractivity contribution in [3.63, 3.8) is 0 Å². The molecule has 0 spiro atoms. The standard InChI is InChI=1S/C26H34ClNO5S/c1-3-8-21-23(12-11-20(26(21)30)9-5-4-6-14-28-31)33-15-7-16-34-24-13-10-19(17-22(24)27)18-25(29)32-2/h10-14,17,30-31H,3-9,15-16,18H2,1-2H3. The Kier molecular flexibility index (Phi) is 12.7. The van der Waals surface area contributed by atoms with Crippen LogP contribution in [0.25, 0.3) is 0 Å². The number of unbranched alkanes of at least 4 members (excludes halogenated alkanes) is 2. The predicted octanol–water partition coefficient (Wildman–Crippen LogP) is 6.45. The molecule has 0 saturated carbocycles. The molecule has 6 nitrogen and oxygen atoms in total. The highest BCUT2D eigenvalue weighted by molar-refractivity contribution is 7.99. The molecule has 186 valence electrons. The van der Waals surface area contributed by atoms with Crippen molar-refractivity contribution in [3.05, 3.63) is 52.0 Å². The Labute approximate surface area is 211 Å². The first kappa shape index (κ1) is 27.9. The number of rotatable bonds is 15. The Morgan fingerprint density at radius 1 is 1.18 bits per heavy atom. The molecule has 0 bridgehead atoms. The van der Waals surface area contributed by atoms with Gasteiger partial charge in [0.25, 0.3) is 0 Å². The molecule has 2 aromatic carbocycles. The molecule has 0 amide bonds. The molecule has 2 aromatic rings. The molecule has 0 atom stereocenters. The fourth-order valence-corrected chi connectivity index (χ4v) is 4.75. The number of nitrogens with zero attached hydrogens (tertiary/aromatic N) is 1. The summed E-state index contributed by atoms with van der Waals surface area (Å²) >= 11 is 8.01. The third kappa shape index (κ3) is 9.11. The van der Waals surface area contributed by atoms with Crippen molar-refractivity contribution in [2.45, 2.75) is 63.2 Å². The van der Waals surface area contributed by atoms with Gasteiger partial charge in [-0.2, -0.15) is 0 Å². The van der Waals surface area contributed by atoms with Gasteiger partial charge in [-0.1, -0.05) is 37.1 Å². The summed E-state index contributed by atoms with van der Waals surface area (Å²) in [6.45, 7) is 2.63. The Hall–Kier alpha value is -2.38. The van der Waals surface area contributed by atoms with E-state index in [-0.39, 0.29) is 12.4 Å². The molecule has 0 fully saturated rings. The Bertz CT molecular complexity index is 951. The molecule has 0 radical (unpaired) electrons. The molecule has 0 aliphatic carbocycles. The number of halogens is 1. The van der Waals surface area contributed by atoms with Crippen LogP contribution in [-0.2, 0) is 28.8 Å². The minimum absolute atomic E-state index is 0.208. The lowest BCUT2D eigenvalue weighted by atomic mass is 9.99. The Morgan fingerprint density at radius 2 is 2.00 bits per heavy atom. The lowest BCUT2D eigenvalue weighted by Crippen LogP contribution is -2.04. The van der Waals surface area contributed by atoms with Crippen LogP contribution in [0, 0.1) is 0 Å². The molecule has 0 aliphatic heterocycles. The molecule has 0 saturated heterocycles. The number of methoxy groups -OCH3 is 1. The highest BCUT2D eigenvalue weighted by Crippen LogP contribution is 2.34. The summed E-state index contributed by atoms with van der Waals surface area (Å²) in [5, 5.41) is 22.9. The zero-order valence-corrected chi connectivity index (χ0v) is 21.5. The third-order valence-electron chi connectivity index (χ3n) is 5.31. The maximum Gasteiger partial charge on any atom is 0.309 e. The number of benzene rings is 2. The van der Waals surface area contributed by atoms with Gasteiger partial charge in [-0.3, -0.25) is 4.79 Å². The lowest BCUT2D eigenvalue weighted by molar-refractivity contribution is -0.139. The second-order valence-corrected chi connectivity index (χ2v) is 9.46. The number of carbonyl (C=O) groups is 1. The normalized spacial score (nSPS) is 11.1. The fourth-order valence-electron chi connectivity index (χ4n) is 3.54. The average molecular weight is 508 g/mol. The van der Waals surface area contributed by atoms with E-state index in [1.165, 1.54) is 13.3 Å². The van der Waals surface area contributed by atoms with Crippen molar-refractivity contribution in [1.82, 2.24) is 0 Å². The minimum Gasteiger partial charge on any atom is -0.507 e. The van der Waals surface area contributed by atoms with Crippen LogP contribution in [0.4, 0.5) is 0 Å². The van der Waals surface area contributed by atoms with E-state index in [4.69, 9.17) is 26.3 Å². The van der Waals surface area contributed by atoms with Crippen molar-refractivity contribution in [1.29, 1.82) is 0 Å². The second kappa shape index (κ2) is 15.5. The van der Waals surface area contributed by atoms with Crippen molar-refractivity contribution in [3.8, 4) is 11.5 Å². The topological polar surface area (TPSA) is 88.4 Å². The fraction of sp³-hybridized carbons (Fsp3) is 0.462. The quantitative estimate of drug-likeness (QED) is 0.0719. The van der Waals surface area contributed by atoms with Gasteiger partial charge in [0.15, 0.2) is 0 Å². The summed E-state index contributed by atoms with van der Waals surface area (Å²) in [5.74, 6) is 1.62. The first-order chi connectivity index (χ1) is 16.5. The zero-order chi connectivity index (χ0) is 24.8. The molecule has 0 aromatic heterocycles. The van der Waals surface area contributed by atoms with E-state index in [1.54, 1.807) is 17.8 Å². The number of oxime groups is 1. The highest BCUT2D eigenvalue weighted by atomic mass is 35.5. The van der Waals surface area contributed by atoms with Crippen molar-refractivity contribution in [2.75, 3.05) is 19.5 Å². The van der Waals surface area contributed by atoms with E-state index in [1.807, 2.05) is 24.3 Å². The molecule has 2 rings (SSSR count). The van der Waals surface area contributed by atoms with Crippen LogP contribution in [0.3, 0.4) is 0 Å². The van der Waals surface area contributed by atoms with Crippen LogP contribution in [0.2, 0.25) is 5.02 Å².